The van der Waals surface area contributed by atoms with Crippen LogP contribution in [0.15, 0.2) is 59.3 Å². The lowest BCUT2D eigenvalue weighted by atomic mass is 9.98. The van der Waals surface area contributed by atoms with Gasteiger partial charge in [-0.3, -0.25) is 14.8 Å². The molecule has 166 valence electrons. The van der Waals surface area contributed by atoms with Gasteiger partial charge in [0.1, 0.15) is 12.1 Å². The molecule has 34 heavy (non-hydrogen) atoms. The van der Waals surface area contributed by atoms with Crippen LogP contribution in [0.5, 0.6) is 0 Å². The summed E-state index contributed by atoms with van der Waals surface area (Å²) in [6, 6.07) is 12.5. The molecule has 6 rings (SSSR count). The number of fused-ring (bicyclic) bond motifs is 3. The number of carbonyl (C=O) groups excluding carboxylic acids is 1. The molecule has 0 saturated heterocycles. The Morgan fingerprint density at radius 1 is 1.12 bits per heavy atom. The van der Waals surface area contributed by atoms with Crippen molar-refractivity contribution in [2.45, 2.75) is 19.9 Å². The molecule has 1 aliphatic rings. The number of rotatable bonds is 4. The number of nitrogen functional groups attached to an aromatic ring is 1. The maximum Gasteiger partial charge on any atom is 0.258 e. The number of hydrogen-bond acceptors (Lipinski definition) is 7. The number of aliphatic imine (C=N–C) groups is 1. The van der Waals surface area contributed by atoms with Crippen molar-refractivity contribution < 1.29 is 4.79 Å². The molecule has 0 unspecified atom stereocenters. The number of pyridine rings is 1. The van der Waals surface area contributed by atoms with Gasteiger partial charge in [0.15, 0.2) is 0 Å². The van der Waals surface area contributed by atoms with E-state index >= 15 is 0 Å². The maximum atomic E-state index is 13.2. The summed E-state index contributed by atoms with van der Waals surface area (Å²) >= 11 is 1.37. The first-order valence-corrected chi connectivity index (χ1v) is 11.7. The summed E-state index contributed by atoms with van der Waals surface area (Å²) in [7, 11) is 0. The van der Waals surface area contributed by atoms with Gasteiger partial charge in [-0.2, -0.15) is 0 Å². The first-order chi connectivity index (χ1) is 16.6. The molecule has 3 N–H and O–H groups in total. The fraction of sp³-hybridized carbons (Fsp3) is 0.115. The molecule has 0 atom stereocenters. The van der Waals surface area contributed by atoms with Crippen LogP contribution in [-0.2, 0) is 13.0 Å². The van der Waals surface area contributed by atoms with E-state index in [1.165, 1.54) is 34.4 Å². The van der Waals surface area contributed by atoms with Crippen LogP contribution in [0.1, 0.15) is 38.3 Å². The van der Waals surface area contributed by atoms with Crippen LogP contribution in [0, 0.1) is 6.92 Å². The molecule has 0 spiro atoms. The topological polar surface area (TPSA) is 106 Å². The molecular formula is C26H20N6OS. The number of aromatic nitrogens is 3. The lowest BCUT2D eigenvalue weighted by Crippen LogP contribution is -2.13. The molecule has 0 radical (unpaired) electrons. The van der Waals surface area contributed by atoms with E-state index < -0.39 is 0 Å². The van der Waals surface area contributed by atoms with E-state index in [1.807, 2.05) is 25.3 Å². The Hall–Kier alpha value is -4.17. The lowest BCUT2D eigenvalue weighted by Gasteiger charge is -2.14. The van der Waals surface area contributed by atoms with Crippen LogP contribution in [0.25, 0.3) is 21.0 Å². The number of nitrogens with one attached hydrogen (secondary N) is 1. The minimum absolute atomic E-state index is 0.225. The molecule has 1 amide bonds. The van der Waals surface area contributed by atoms with Gasteiger partial charge >= 0.3 is 0 Å². The number of thiophene rings is 1. The molecule has 5 aromatic rings. The quantitative estimate of drug-likeness (QED) is 0.393. The number of aryl methyl sites for hydroxylation is 1. The van der Waals surface area contributed by atoms with E-state index in [2.05, 4.69) is 49.5 Å². The SMILES string of the molecule is Cc1ccc2c(Cc3ccc4c(c3)CN=C4)nccc2c1NC(=O)c1csc2c(N)ncnc12. The van der Waals surface area contributed by atoms with Crippen molar-refractivity contribution in [3.8, 4) is 0 Å². The zero-order valence-corrected chi connectivity index (χ0v) is 19.2. The van der Waals surface area contributed by atoms with E-state index in [0.717, 1.165) is 34.3 Å². The third-order valence-electron chi connectivity index (χ3n) is 6.17. The molecular weight excluding hydrogens is 444 g/mol. The predicted molar refractivity (Wildman–Crippen MR) is 137 cm³/mol. The van der Waals surface area contributed by atoms with Gasteiger partial charge in [-0.15, -0.1) is 11.3 Å². The molecule has 8 heteroatoms. The second-order valence-corrected chi connectivity index (χ2v) is 9.21. The predicted octanol–water partition coefficient (Wildman–Crippen LogP) is 4.91. The summed E-state index contributed by atoms with van der Waals surface area (Å²) in [6.07, 6.45) is 5.81. The summed E-state index contributed by atoms with van der Waals surface area (Å²) in [5, 5.41) is 6.86. The minimum Gasteiger partial charge on any atom is -0.382 e. The third kappa shape index (κ3) is 3.39. The number of nitrogens with zero attached hydrogens (tertiary/aromatic N) is 4. The van der Waals surface area contributed by atoms with E-state index in [-0.39, 0.29) is 5.91 Å². The maximum absolute atomic E-state index is 13.2. The lowest BCUT2D eigenvalue weighted by molar-refractivity contribution is 0.102. The molecule has 1 aliphatic heterocycles. The van der Waals surface area contributed by atoms with Crippen molar-refractivity contribution >= 4 is 56.0 Å². The summed E-state index contributed by atoms with van der Waals surface area (Å²) in [6.45, 7) is 2.72. The van der Waals surface area contributed by atoms with Crippen molar-refractivity contribution in [3.63, 3.8) is 0 Å². The Labute approximate surface area is 199 Å². The fourth-order valence-corrected chi connectivity index (χ4v) is 5.31. The molecule has 0 saturated carbocycles. The molecule has 7 nitrogen and oxygen atoms in total. The van der Waals surface area contributed by atoms with E-state index in [0.29, 0.717) is 28.0 Å². The normalized spacial score (nSPS) is 12.4. The summed E-state index contributed by atoms with van der Waals surface area (Å²) in [5.41, 5.74) is 13.3. The fourth-order valence-electron chi connectivity index (χ4n) is 4.41. The molecule has 3 aromatic heterocycles. The van der Waals surface area contributed by atoms with E-state index in [9.17, 15) is 4.79 Å². The highest BCUT2D eigenvalue weighted by Gasteiger charge is 2.18. The van der Waals surface area contributed by atoms with Crippen molar-refractivity contribution in [2.24, 2.45) is 4.99 Å². The van der Waals surface area contributed by atoms with Gasteiger partial charge in [0.2, 0.25) is 0 Å². The van der Waals surface area contributed by atoms with Gasteiger partial charge in [0.05, 0.1) is 33.7 Å². The number of amides is 1. The van der Waals surface area contributed by atoms with E-state index in [4.69, 9.17) is 5.73 Å². The van der Waals surface area contributed by atoms with Crippen molar-refractivity contribution in [1.29, 1.82) is 0 Å². The highest BCUT2D eigenvalue weighted by atomic mass is 32.1. The van der Waals surface area contributed by atoms with Gasteiger partial charge in [0, 0.05) is 35.0 Å². The van der Waals surface area contributed by atoms with Crippen LogP contribution in [0.4, 0.5) is 11.5 Å². The van der Waals surface area contributed by atoms with Crippen LogP contribution in [0.2, 0.25) is 0 Å². The van der Waals surface area contributed by atoms with Gasteiger partial charge in [-0.1, -0.05) is 30.3 Å². The summed E-state index contributed by atoms with van der Waals surface area (Å²) < 4.78 is 0.716. The number of benzene rings is 2. The summed E-state index contributed by atoms with van der Waals surface area (Å²) in [4.78, 5) is 30.6. The molecule has 4 heterocycles. The van der Waals surface area contributed by atoms with Gasteiger partial charge in [-0.25, -0.2) is 9.97 Å². The molecule has 0 aliphatic carbocycles. The van der Waals surface area contributed by atoms with Crippen molar-refractivity contribution in [3.05, 3.63) is 87.8 Å². The monoisotopic (exact) mass is 464 g/mol. The van der Waals surface area contributed by atoms with Crippen LogP contribution in [-0.4, -0.2) is 27.1 Å². The molecule has 2 aromatic carbocycles. The zero-order chi connectivity index (χ0) is 23.2. The number of anilines is 2. The second kappa shape index (κ2) is 8.00. The Morgan fingerprint density at radius 3 is 2.94 bits per heavy atom. The number of carbonyl (C=O) groups is 1. The molecule has 0 bridgehead atoms. The second-order valence-electron chi connectivity index (χ2n) is 8.33. The Kier molecular flexibility index (Phi) is 4.81. The van der Waals surface area contributed by atoms with Crippen molar-refractivity contribution in [2.75, 3.05) is 11.1 Å². The van der Waals surface area contributed by atoms with Gasteiger partial charge in [-0.05, 0) is 35.2 Å². The zero-order valence-electron chi connectivity index (χ0n) is 18.4. The van der Waals surface area contributed by atoms with E-state index in [1.54, 1.807) is 11.6 Å². The molecule has 0 fully saturated rings. The average Bonchev–Trinajstić information content (AvgIpc) is 3.48. The smallest absolute Gasteiger partial charge is 0.258 e. The highest BCUT2D eigenvalue weighted by molar-refractivity contribution is 7.18. The van der Waals surface area contributed by atoms with Gasteiger partial charge in [0.25, 0.3) is 5.91 Å². The Bertz CT molecular complexity index is 1640. The van der Waals surface area contributed by atoms with Crippen LogP contribution >= 0.6 is 11.3 Å². The Morgan fingerprint density at radius 2 is 2.03 bits per heavy atom. The summed E-state index contributed by atoms with van der Waals surface area (Å²) in [5.74, 6) is 0.154. The standard InChI is InChI=1S/C26H20N6OS/c1-14-2-5-18-19(6-7-29-21(18)9-15-3-4-16-10-28-11-17(16)8-15)22(14)32-26(33)20-12-34-24-23(20)30-13-31-25(24)27/h2-8,10,12-13H,9,11H2,1H3,(H,32,33)(H2,27,30,31). The number of nitrogens with two attached hydrogens (primary N) is 1. The third-order valence-corrected chi connectivity index (χ3v) is 7.16. The largest absolute Gasteiger partial charge is 0.382 e. The first kappa shape index (κ1) is 20.4. The van der Waals surface area contributed by atoms with Crippen LogP contribution in [0.3, 0.4) is 0 Å². The Balaban J connectivity index is 1.37. The minimum atomic E-state index is -0.225. The van der Waals surface area contributed by atoms with Crippen molar-refractivity contribution in [1.82, 2.24) is 15.0 Å². The first-order valence-electron chi connectivity index (χ1n) is 10.9. The van der Waals surface area contributed by atoms with Crippen LogP contribution < -0.4 is 11.1 Å². The number of hydrogen-bond donors (Lipinski definition) is 2. The average molecular weight is 465 g/mol. The van der Waals surface area contributed by atoms with Gasteiger partial charge < -0.3 is 11.1 Å². The highest BCUT2D eigenvalue weighted by Crippen LogP contribution is 2.32.